The number of carbonyl (C=O) groups excluding carboxylic acids is 2. The molecule has 0 radical (unpaired) electrons. The first-order valence-electron chi connectivity index (χ1n) is 13.2. The fourth-order valence-corrected chi connectivity index (χ4v) is 5.20. The third kappa shape index (κ3) is 8.72. The first-order valence-corrected chi connectivity index (χ1v) is 15.4. The van der Waals surface area contributed by atoms with E-state index in [0.717, 1.165) is 22.5 Å². The summed E-state index contributed by atoms with van der Waals surface area (Å²) >= 11 is 6.38. The van der Waals surface area contributed by atoms with E-state index in [1.54, 1.807) is 48.5 Å². The molecule has 2 amide bonds. The van der Waals surface area contributed by atoms with Crippen LogP contribution in [0.3, 0.4) is 0 Å². The van der Waals surface area contributed by atoms with E-state index in [0.29, 0.717) is 41.6 Å². The number of nitrogens with one attached hydrogen (secondary N) is 1. The standard InChI is InChI=1S/C30H36ClN3O5S/c1-4-19-32-30(36)28(5-2)33(20-24-13-9-10-14-27(24)31)29(35)21-34(40(3,37)38)25-15-17-26(18-16-25)39-22-23-11-7-6-8-12-23/h6-18,28H,4-5,19-22H2,1-3H3,(H,32,36)/t28-/m0/s1. The number of carbonyl (C=O) groups is 2. The molecule has 3 rings (SSSR count). The van der Waals surface area contributed by atoms with Crippen LogP contribution in [0, 0.1) is 0 Å². The van der Waals surface area contributed by atoms with Gasteiger partial charge in [-0.3, -0.25) is 13.9 Å². The fourth-order valence-electron chi connectivity index (χ4n) is 4.16. The largest absolute Gasteiger partial charge is 0.489 e. The maximum absolute atomic E-state index is 13.8. The molecule has 0 heterocycles. The van der Waals surface area contributed by atoms with Crippen molar-refractivity contribution in [1.29, 1.82) is 0 Å². The van der Waals surface area contributed by atoms with Gasteiger partial charge in [0.25, 0.3) is 0 Å². The number of amides is 2. The molecule has 8 nitrogen and oxygen atoms in total. The molecule has 214 valence electrons. The lowest BCUT2D eigenvalue weighted by atomic mass is 10.1. The molecule has 0 unspecified atom stereocenters. The van der Waals surface area contributed by atoms with Crippen LogP contribution in [0.25, 0.3) is 0 Å². The third-order valence-electron chi connectivity index (χ3n) is 6.29. The molecule has 0 aromatic heterocycles. The molecule has 0 saturated carbocycles. The number of ether oxygens (including phenoxy) is 1. The molecule has 0 spiro atoms. The predicted octanol–water partition coefficient (Wildman–Crippen LogP) is 5.02. The Kier molecular flexibility index (Phi) is 11.4. The number of halogens is 1. The van der Waals surface area contributed by atoms with Gasteiger partial charge < -0.3 is 15.0 Å². The second-order valence-electron chi connectivity index (χ2n) is 9.37. The molecule has 3 aromatic rings. The van der Waals surface area contributed by atoms with Crippen LogP contribution in [0.4, 0.5) is 5.69 Å². The van der Waals surface area contributed by atoms with Crippen LogP contribution < -0.4 is 14.4 Å². The molecule has 0 aliphatic carbocycles. The Balaban J connectivity index is 1.85. The number of rotatable bonds is 14. The number of benzene rings is 3. The van der Waals surface area contributed by atoms with Crippen molar-refractivity contribution in [3.8, 4) is 5.75 Å². The minimum Gasteiger partial charge on any atom is -0.489 e. The summed E-state index contributed by atoms with van der Waals surface area (Å²) in [7, 11) is -3.84. The number of hydrogen-bond acceptors (Lipinski definition) is 5. The fraction of sp³-hybridized carbons (Fsp3) is 0.333. The van der Waals surface area contributed by atoms with E-state index in [9.17, 15) is 18.0 Å². The number of sulfonamides is 1. The van der Waals surface area contributed by atoms with Crippen LogP contribution in [0.15, 0.2) is 78.9 Å². The zero-order valence-corrected chi connectivity index (χ0v) is 24.6. The summed E-state index contributed by atoms with van der Waals surface area (Å²) in [5.41, 5.74) is 1.97. The third-order valence-corrected chi connectivity index (χ3v) is 7.80. The Hall–Kier alpha value is -3.56. The molecule has 0 aliphatic heterocycles. The number of anilines is 1. The highest BCUT2D eigenvalue weighted by Gasteiger charge is 2.32. The number of hydrogen-bond donors (Lipinski definition) is 1. The molecule has 10 heteroatoms. The van der Waals surface area contributed by atoms with Crippen molar-refractivity contribution in [2.75, 3.05) is 23.7 Å². The topological polar surface area (TPSA) is 96.0 Å². The van der Waals surface area contributed by atoms with Crippen LogP contribution >= 0.6 is 11.6 Å². The lowest BCUT2D eigenvalue weighted by molar-refractivity contribution is -0.140. The summed E-state index contributed by atoms with van der Waals surface area (Å²) in [5, 5.41) is 3.31. The molecule has 40 heavy (non-hydrogen) atoms. The average molecular weight is 586 g/mol. The van der Waals surface area contributed by atoms with Crippen molar-refractivity contribution in [3.63, 3.8) is 0 Å². The van der Waals surface area contributed by atoms with Gasteiger partial charge in [0.05, 0.1) is 11.9 Å². The minimum atomic E-state index is -3.84. The highest BCUT2D eigenvalue weighted by atomic mass is 35.5. The molecule has 0 saturated heterocycles. The monoisotopic (exact) mass is 585 g/mol. The normalized spacial score (nSPS) is 11.9. The van der Waals surface area contributed by atoms with Gasteiger partial charge in [-0.25, -0.2) is 8.42 Å². The highest BCUT2D eigenvalue weighted by Crippen LogP contribution is 2.24. The van der Waals surface area contributed by atoms with Gasteiger partial charge in [0.2, 0.25) is 21.8 Å². The molecule has 0 fully saturated rings. The summed E-state index contributed by atoms with van der Waals surface area (Å²) in [4.78, 5) is 28.2. The van der Waals surface area contributed by atoms with E-state index in [1.807, 2.05) is 44.2 Å². The van der Waals surface area contributed by atoms with Crippen LogP contribution in [0.5, 0.6) is 5.75 Å². The maximum Gasteiger partial charge on any atom is 0.244 e. The molecule has 1 N–H and O–H groups in total. The Morgan fingerprint density at radius 1 is 0.950 bits per heavy atom. The van der Waals surface area contributed by atoms with Gasteiger partial charge in [-0.1, -0.05) is 74.0 Å². The lowest BCUT2D eigenvalue weighted by Crippen LogP contribution is -2.52. The van der Waals surface area contributed by atoms with Gasteiger partial charge in [-0.05, 0) is 54.3 Å². The lowest BCUT2D eigenvalue weighted by Gasteiger charge is -2.33. The summed E-state index contributed by atoms with van der Waals surface area (Å²) in [6.07, 6.45) is 2.13. The molecule has 0 aliphatic rings. The van der Waals surface area contributed by atoms with Gasteiger partial charge >= 0.3 is 0 Å². The SMILES string of the molecule is CCCNC(=O)[C@H](CC)N(Cc1ccccc1Cl)C(=O)CN(c1ccc(OCc2ccccc2)cc1)S(C)(=O)=O. The molecule has 3 aromatic carbocycles. The Morgan fingerprint density at radius 3 is 2.20 bits per heavy atom. The maximum atomic E-state index is 13.8. The zero-order valence-electron chi connectivity index (χ0n) is 23.0. The minimum absolute atomic E-state index is 0.0560. The van der Waals surface area contributed by atoms with E-state index in [2.05, 4.69) is 5.32 Å². The summed E-state index contributed by atoms with van der Waals surface area (Å²) in [5.74, 6) is -0.254. The highest BCUT2D eigenvalue weighted by molar-refractivity contribution is 7.92. The first kappa shape index (κ1) is 31.0. The van der Waals surface area contributed by atoms with Crippen molar-refractivity contribution in [1.82, 2.24) is 10.2 Å². The van der Waals surface area contributed by atoms with Gasteiger partial charge in [0.1, 0.15) is 24.9 Å². The molecule has 0 bridgehead atoms. The quantitative estimate of drug-likeness (QED) is 0.287. The average Bonchev–Trinajstić information content (AvgIpc) is 2.94. The predicted molar refractivity (Wildman–Crippen MR) is 159 cm³/mol. The second-order valence-corrected chi connectivity index (χ2v) is 11.7. The van der Waals surface area contributed by atoms with Crippen molar-refractivity contribution < 1.29 is 22.7 Å². The number of nitrogens with zero attached hydrogens (tertiary/aromatic N) is 2. The van der Waals surface area contributed by atoms with Crippen LogP contribution in [0.2, 0.25) is 5.02 Å². The van der Waals surface area contributed by atoms with Crippen molar-refractivity contribution in [2.24, 2.45) is 0 Å². The Bertz CT molecular complexity index is 1370. The van der Waals surface area contributed by atoms with Gasteiger partial charge in [-0.15, -0.1) is 0 Å². The summed E-state index contributed by atoms with van der Waals surface area (Å²) in [6, 6.07) is 22.5. The zero-order chi connectivity index (χ0) is 29.1. The van der Waals surface area contributed by atoms with Gasteiger partial charge in [0.15, 0.2) is 0 Å². The van der Waals surface area contributed by atoms with Crippen LogP contribution in [-0.2, 0) is 32.8 Å². The summed E-state index contributed by atoms with van der Waals surface area (Å²) < 4.78 is 32.5. The van der Waals surface area contributed by atoms with E-state index in [-0.39, 0.29) is 12.5 Å². The van der Waals surface area contributed by atoms with Crippen molar-refractivity contribution in [3.05, 3.63) is 95.0 Å². The van der Waals surface area contributed by atoms with Gasteiger partial charge in [0, 0.05) is 18.1 Å². The van der Waals surface area contributed by atoms with Crippen LogP contribution in [-0.4, -0.2) is 50.5 Å². The first-order chi connectivity index (χ1) is 19.1. The summed E-state index contributed by atoms with van der Waals surface area (Å²) in [6.45, 7) is 4.16. The van der Waals surface area contributed by atoms with E-state index >= 15 is 0 Å². The van der Waals surface area contributed by atoms with E-state index < -0.39 is 28.5 Å². The van der Waals surface area contributed by atoms with E-state index in [4.69, 9.17) is 16.3 Å². The van der Waals surface area contributed by atoms with Crippen molar-refractivity contribution >= 4 is 39.1 Å². The van der Waals surface area contributed by atoms with Crippen LogP contribution in [0.1, 0.15) is 37.8 Å². The van der Waals surface area contributed by atoms with Gasteiger partial charge in [-0.2, -0.15) is 0 Å². The molecular weight excluding hydrogens is 550 g/mol. The van der Waals surface area contributed by atoms with Crippen molar-refractivity contribution in [2.45, 2.75) is 45.9 Å². The second kappa shape index (κ2) is 14.7. The molecular formula is C30H36ClN3O5S. The Morgan fingerprint density at radius 2 is 1.60 bits per heavy atom. The smallest absolute Gasteiger partial charge is 0.244 e. The van der Waals surface area contributed by atoms with E-state index in [1.165, 1.54) is 4.90 Å². The molecule has 1 atom stereocenters. The Labute approximate surface area is 241 Å².